The fourth-order valence-corrected chi connectivity index (χ4v) is 2.28. The summed E-state index contributed by atoms with van der Waals surface area (Å²) in [7, 11) is 0. The highest BCUT2D eigenvalue weighted by Gasteiger charge is 2.30. The summed E-state index contributed by atoms with van der Waals surface area (Å²) in [5, 5.41) is 40.2. The number of carbonyl (C=O) groups excluding carboxylic acids is 2. The van der Waals surface area contributed by atoms with E-state index in [1.807, 2.05) is 0 Å². The van der Waals surface area contributed by atoms with E-state index >= 15 is 0 Å². The molecule has 2 rings (SSSR count). The average molecular weight is 397 g/mol. The van der Waals surface area contributed by atoms with Crippen LogP contribution in [0.1, 0.15) is 28.0 Å². The van der Waals surface area contributed by atoms with Gasteiger partial charge in [-0.3, -0.25) is 4.79 Å². The molecule has 1 heterocycles. The van der Waals surface area contributed by atoms with Crippen molar-refractivity contribution < 1.29 is 43.6 Å². The molecule has 0 aliphatic carbocycles. The van der Waals surface area contributed by atoms with Gasteiger partial charge in [-0.2, -0.15) is 0 Å². The first-order valence-corrected chi connectivity index (χ1v) is 8.20. The number of rotatable bonds is 8. The largest absolute Gasteiger partial charge is 0.463 e. The molecular formula is C18H20FNO8. The molecule has 0 bridgehead atoms. The molecule has 0 aliphatic rings. The number of carbonyl (C=O) groups is 2. The van der Waals surface area contributed by atoms with Crippen molar-refractivity contribution in [1.82, 2.24) is 0 Å². The van der Waals surface area contributed by atoms with Gasteiger partial charge in [-0.1, -0.05) is 0 Å². The molecule has 28 heavy (non-hydrogen) atoms. The second kappa shape index (κ2) is 9.42. The molecule has 1 aromatic carbocycles. The second-order valence-corrected chi connectivity index (χ2v) is 5.94. The summed E-state index contributed by atoms with van der Waals surface area (Å²) >= 11 is 0. The van der Waals surface area contributed by atoms with Crippen LogP contribution in [0, 0.1) is 12.7 Å². The van der Waals surface area contributed by atoms with Crippen molar-refractivity contribution >= 4 is 17.6 Å². The molecule has 1 aromatic heterocycles. The summed E-state index contributed by atoms with van der Waals surface area (Å²) in [6, 6.07) is 6.11. The monoisotopic (exact) mass is 397 g/mol. The van der Waals surface area contributed by atoms with Gasteiger partial charge in [0.15, 0.2) is 6.61 Å². The Morgan fingerprint density at radius 3 is 2.46 bits per heavy atom. The topological polar surface area (TPSA) is 149 Å². The summed E-state index contributed by atoms with van der Waals surface area (Å²) in [6.45, 7) is 0.000797. The number of hydrogen-bond donors (Lipinski definition) is 5. The van der Waals surface area contributed by atoms with Crippen molar-refractivity contribution in [2.45, 2.75) is 25.2 Å². The lowest BCUT2D eigenvalue weighted by molar-refractivity contribution is -0.119. The number of ether oxygens (including phenoxy) is 1. The third-order valence-electron chi connectivity index (χ3n) is 3.82. The number of nitrogens with one attached hydrogen (secondary N) is 1. The zero-order chi connectivity index (χ0) is 20.8. The summed E-state index contributed by atoms with van der Waals surface area (Å²) in [6.07, 6.45) is -5.03. The molecule has 0 radical (unpaired) electrons. The van der Waals surface area contributed by atoms with Crippen molar-refractivity contribution in [2.24, 2.45) is 0 Å². The summed E-state index contributed by atoms with van der Waals surface area (Å²) in [5.41, 5.74) is 0.234. The first-order valence-electron chi connectivity index (χ1n) is 8.20. The molecule has 0 aliphatic heterocycles. The van der Waals surface area contributed by atoms with E-state index in [-0.39, 0.29) is 17.1 Å². The van der Waals surface area contributed by atoms with E-state index in [4.69, 9.17) is 14.3 Å². The summed E-state index contributed by atoms with van der Waals surface area (Å²) in [4.78, 5) is 23.9. The number of benzene rings is 1. The second-order valence-electron chi connectivity index (χ2n) is 5.94. The molecule has 2 aromatic rings. The highest BCUT2D eigenvalue weighted by molar-refractivity contribution is 5.95. The van der Waals surface area contributed by atoms with Gasteiger partial charge in [0.25, 0.3) is 5.91 Å². The maximum absolute atomic E-state index is 12.8. The van der Waals surface area contributed by atoms with E-state index in [1.54, 1.807) is 0 Å². The minimum atomic E-state index is -1.74. The number of esters is 1. The number of aliphatic hydroxyl groups excluding tert-OH is 4. The Bertz CT molecular complexity index is 819. The molecule has 3 atom stereocenters. The number of hydrogen-bond acceptors (Lipinski definition) is 8. The number of halogens is 1. The minimum absolute atomic E-state index is 0.0590. The van der Waals surface area contributed by atoms with Gasteiger partial charge >= 0.3 is 5.97 Å². The summed E-state index contributed by atoms with van der Waals surface area (Å²) in [5.74, 6) is -2.19. The Morgan fingerprint density at radius 1 is 1.21 bits per heavy atom. The molecule has 9 nitrogen and oxygen atoms in total. The Balaban J connectivity index is 1.96. The van der Waals surface area contributed by atoms with Crippen molar-refractivity contribution in [3.63, 3.8) is 0 Å². The van der Waals surface area contributed by atoms with Crippen LogP contribution in [0.25, 0.3) is 0 Å². The molecule has 3 unspecified atom stereocenters. The SMILES string of the molecule is Cc1oc(C(O)C(O)C(O)CO)cc1C(=O)OCC(=O)Nc1ccc(F)cc1. The van der Waals surface area contributed by atoms with Crippen LogP contribution in [0.3, 0.4) is 0 Å². The van der Waals surface area contributed by atoms with Crippen LogP contribution in [0.4, 0.5) is 10.1 Å². The Kier molecular flexibility index (Phi) is 7.24. The van der Waals surface area contributed by atoms with E-state index < -0.39 is 49.2 Å². The predicted octanol–water partition coefficient (Wildman–Crippen LogP) is 0.270. The van der Waals surface area contributed by atoms with Crippen LogP contribution in [-0.2, 0) is 9.53 Å². The molecule has 0 fully saturated rings. The third-order valence-corrected chi connectivity index (χ3v) is 3.82. The number of anilines is 1. The highest BCUT2D eigenvalue weighted by Crippen LogP contribution is 2.25. The Labute approximate surface area is 159 Å². The molecule has 0 saturated carbocycles. The first-order chi connectivity index (χ1) is 13.2. The van der Waals surface area contributed by atoms with E-state index in [2.05, 4.69) is 5.32 Å². The van der Waals surface area contributed by atoms with Gasteiger partial charge in [-0.05, 0) is 37.3 Å². The van der Waals surface area contributed by atoms with Crippen LogP contribution in [0.15, 0.2) is 34.7 Å². The molecule has 152 valence electrons. The average Bonchev–Trinajstić information content (AvgIpc) is 3.07. The van der Waals surface area contributed by atoms with E-state index in [0.717, 1.165) is 18.2 Å². The molecule has 0 saturated heterocycles. The van der Waals surface area contributed by atoms with E-state index in [0.29, 0.717) is 5.69 Å². The molecule has 10 heteroatoms. The van der Waals surface area contributed by atoms with Crippen LogP contribution < -0.4 is 5.32 Å². The lowest BCUT2D eigenvalue weighted by Gasteiger charge is -2.19. The first kappa shape index (κ1) is 21.5. The molecule has 5 N–H and O–H groups in total. The highest BCUT2D eigenvalue weighted by atomic mass is 19.1. The Morgan fingerprint density at radius 2 is 1.86 bits per heavy atom. The van der Waals surface area contributed by atoms with Crippen LogP contribution in [-0.4, -0.2) is 57.7 Å². The molecule has 0 spiro atoms. The Hall–Kier alpha value is -2.79. The van der Waals surface area contributed by atoms with Gasteiger partial charge in [0.1, 0.15) is 41.2 Å². The standard InChI is InChI=1S/C18H20FNO8/c1-9-12(6-14(28-9)17(25)16(24)13(22)7-21)18(26)27-8-15(23)20-11-4-2-10(19)3-5-11/h2-6,13,16-17,21-22,24-25H,7-8H2,1H3,(H,20,23). The predicted molar refractivity (Wildman–Crippen MR) is 92.8 cm³/mol. The fourth-order valence-electron chi connectivity index (χ4n) is 2.28. The maximum Gasteiger partial charge on any atom is 0.342 e. The van der Waals surface area contributed by atoms with Crippen molar-refractivity contribution in [3.8, 4) is 0 Å². The zero-order valence-electron chi connectivity index (χ0n) is 14.8. The van der Waals surface area contributed by atoms with Gasteiger partial charge in [0, 0.05) is 5.69 Å². The number of furan rings is 1. The van der Waals surface area contributed by atoms with Crippen molar-refractivity contribution in [3.05, 3.63) is 53.2 Å². The fraction of sp³-hybridized carbons (Fsp3) is 0.333. The van der Waals surface area contributed by atoms with Gasteiger partial charge in [0.2, 0.25) is 0 Å². The lowest BCUT2D eigenvalue weighted by atomic mass is 10.1. The number of amides is 1. The van der Waals surface area contributed by atoms with E-state index in [9.17, 15) is 29.3 Å². The number of aliphatic hydroxyl groups is 4. The quantitative estimate of drug-likeness (QED) is 0.399. The molecular weight excluding hydrogens is 377 g/mol. The van der Waals surface area contributed by atoms with Crippen LogP contribution in [0.2, 0.25) is 0 Å². The molecule has 1 amide bonds. The normalized spacial score (nSPS) is 14.2. The van der Waals surface area contributed by atoms with Crippen LogP contribution >= 0.6 is 0 Å². The maximum atomic E-state index is 12.8. The van der Waals surface area contributed by atoms with Gasteiger partial charge in [0.05, 0.1) is 6.61 Å². The van der Waals surface area contributed by atoms with E-state index in [1.165, 1.54) is 19.1 Å². The number of aryl methyl sites for hydroxylation is 1. The zero-order valence-corrected chi connectivity index (χ0v) is 14.8. The van der Waals surface area contributed by atoms with Gasteiger partial charge in [-0.25, -0.2) is 9.18 Å². The summed E-state index contributed by atoms with van der Waals surface area (Å²) < 4.78 is 22.9. The van der Waals surface area contributed by atoms with Crippen molar-refractivity contribution in [1.29, 1.82) is 0 Å². The van der Waals surface area contributed by atoms with Crippen molar-refractivity contribution in [2.75, 3.05) is 18.5 Å². The smallest absolute Gasteiger partial charge is 0.342 e. The third kappa shape index (κ3) is 5.36. The van der Waals surface area contributed by atoms with Gasteiger partial charge < -0.3 is 34.9 Å². The van der Waals surface area contributed by atoms with Crippen LogP contribution in [0.5, 0.6) is 0 Å². The minimum Gasteiger partial charge on any atom is -0.463 e. The lowest BCUT2D eigenvalue weighted by Crippen LogP contribution is -2.34. The van der Waals surface area contributed by atoms with Gasteiger partial charge in [-0.15, -0.1) is 0 Å².